The Labute approximate surface area is 196 Å². The molecule has 32 heavy (non-hydrogen) atoms. The van der Waals surface area contributed by atoms with Crippen LogP contribution in [0.3, 0.4) is 0 Å². The number of ether oxygens (including phenoxy) is 1. The maximum Gasteiger partial charge on any atom is 0.269 e. The van der Waals surface area contributed by atoms with Crippen molar-refractivity contribution in [2.75, 3.05) is 17.7 Å². The van der Waals surface area contributed by atoms with Crippen molar-refractivity contribution in [3.05, 3.63) is 64.5 Å². The summed E-state index contributed by atoms with van der Waals surface area (Å²) in [5, 5.41) is 4.79. The fraction of sp³-hybridized carbons (Fsp3) is 0.0870. The number of benzene rings is 2. The number of anilines is 2. The molecular formula is C23H17ClN4O2S2. The van der Waals surface area contributed by atoms with Gasteiger partial charge in [-0.3, -0.25) is 10.1 Å². The third-order valence-electron chi connectivity index (χ3n) is 4.83. The van der Waals surface area contributed by atoms with Crippen LogP contribution in [0.4, 0.5) is 10.8 Å². The topological polar surface area (TPSA) is 90.1 Å². The molecule has 1 amide bonds. The first kappa shape index (κ1) is 20.7. The molecule has 5 rings (SSSR count). The van der Waals surface area contributed by atoms with Gasteiger partial charge in [0.25, 0.3) is 5.91 Å². The number of thiazole rings is 1. The van der Waals surface area contributed by atoms with Gasteiger partial charge in [0.15, 0.2) is 5.13 Å². The van der Waals surface area contributed by atoms with Crippen LogP contribution < -0.4 is 15.8 Å². The molecule has 3 heterocycles. The van der Waals surface area contributed by atoms with E-state index in [1.165, 1.54) is 22.7 Å². The molecule has 0 spiro atoms. The standard InChI is InChI=1S/C23H17ClN4O2S2/c1-2-30-14-7-9-17-18(11-14)31-23(27-17)28-21(29)20-19(25)15-8-10-16(26-22(15)32-20)12-3-5-13(24)6-4-12/h3-11H,2,25H2,1H3,(H,27,28,29). The number of thiophene rings is 1. The molecule has 0 aliphatic carbocycles. The van der Waals surface area contributed by atoms with E-state index in [2.05, 4.69) is 10.3 Å². The van der Waals surface area contributed by atoms with Crippen LogP contribution in [0.25, 0.3) is 31.7 Å². The largest absolute Gasteiger partial charge is 0.494 e. The molecule has 3 N–H and O–H groups in total. The number of halogens is 1. The van der Waals surface area contributed by atoms with Gasteiger partial charge >= 0.3 is 0 Å². The van der Waals surface area contributed by atoms with Crippen molar-refractivity contribution in [2.45, 2.75) is 6.92 Å². The van der Waals surface area contributed by atoms with E-state index in [9.17, 15) is 4.79 Å². The van der Waals surface area contributed by atoms with Gasteiger partial charge in [-0.1, -0.05) is 35.1 Å². The number of amides is 1. The normalized spacial score (nSPS) is 11.2. The Morgan fingerprint density at radius 1 is 1.09 bits per heavy atom. The Hall–Kier alpha value is -3.20. The molecular weight excluding hydrogens is 464 g/mol. The van der Waals surface area contributed by atoms with Crippen molar-refractivity contribution in [2.24, 2.45) is 0 Å². The molecule has 0 aliphatic rings. The molecule has 9 heteroatoms. The predicted molar refractivity (Wildman–Crippen MR) is 133 cm³/mol. The zero-order valence-corrected chi connectivity index (χ0v) is 19.3. The minimum atomic E-state index is -0.303. The van der Waals surface area contributed by atoms with E-state index in [4.69, 9.17) is 27.1 Å². The molecule has 0 bridgehead atoms. The molecule has 0 unspecified atom stereocenters. The number of nitrogens with two attached hydrogens (primary N) is 1. The Morgan fingerprint density at radius 2 is 1.91 bits per heavy atom. The van der Waals surface area contributed by atoms with Crippen molar-refractivity contribution in [3.63, 3.8) is 0 Å². The third-order valence-corrected chi connectivity index (χ3v) is 7.13. The molecule has 0 saturated carbocycles. The van der Waals surface area contributed by atoms with Crippen LogP contribution >= 0.6 is 34.3 Å². The highest BCUT2D eigenvalue weighted by Gasteiger charge is 2.19. The Morgan fingerprint density at radius 3 is 2.69 bits per heavy atom. The molecule has 2 aromatic carbocycles. The van der Waals surface area contributed by atoms with Gasteiger partial charge in [-0.05, 0) is 49.4 Å². The number of aromatic nitrogens is 2. The highest BCUT2D eigenvalue weighted by atomic mass is 35.5. The molecule has 0 fully saturated rings. The summed E-state index contributed by atoms with van der Waals surface area (Å²) in [6, 6.07) is 16.9. The summed E-state index contributed by atoms with van der Waals surface area (Å²) in [5.74, 6) is 0.473. The van der Waals surface area contributed by atoms with Crippen molar-refractivity contribution < 1.29 is 9.53 Å². The first-order valence-electron chi connectivity index (χ1n) is 9.81. The minimum Gasteiger partial charge on any atom is -0.494 e. The smallest absolute Gasteiger partial charge is 0.269 e. The minimum absolute atomic E-state index is 0.303. The quantitative estimate of drug-likeness (QED) is 0.301. The van der Waals surface area contributed by atoms with E-state index >= 15 is 0 Å². The second-order valence-corrected chi connectivity index (χ2v) is 9.40. The number of fused-ring (bicyclic) bond motifs is 2. The highest BCUT2D eigenvalue weighted by molar-refractivity contribution is 7.23. The van der Waals surface area contributed by atoms with Crippen LogP contribution in [0.5, 0.6) is 5.75 Å². The first-order valence-corrected chi connectivity index (χ1v) is 11.8. The van der Waals surface area contributed by atoms with E-state index in [0.29, 0.717) is 32.2 Å². The number of rotatable bonds is 5. The number of nitrogens with zero attached hydrogens (tertiary/aromatic N) is 2. The second-order valence-electron chi connectivity index (χ2n) is 6.94. The van der Waals surface area contributed by atoms with Gasteiger partial charge in [0, 0.05) is 16.0 Å². The van der Waals surface area contributed by atoms with E-state index < -0.39 is 0 Å². The van der Waals surface area contributed by atoms with Crippen molar-refractivity contribution >= 4 is 71.4 Å². The molecule has 5 aromatic rings. The van der Waals surface area contributed by atoms with Gasteiger partial charge in [0.2, 0.25) is 0 Å². The van der Waals surface area contributed by atoms with Gasteiger partial charge in [-0.2, -0.15) is 0 Å². The number of pyridine rings is 1. The van der Waals surface area contributed by atoms with Gasteiger partial charge < -0.3 is 10.5 Å². The van der Waals surface area contributed by atoms with E-state index in [1.807, 2.05) is 61.5 Å². The lowest BCUT2D eigenvalue weighted by Gasteiger charge is -2.01. The summed E-state index contributed by atoms with van der Waals surface area (Å²) in [4.78, 5) is 23.3. The van der Waals surface area contributed by atoms with Crippen LogP contribution in [0.1, 0.15) is 16.6 Å². The lowest BCUT2D eigenvalue weighted by molar-refractivity contribution is 0.103. The van der Waals surface area contributed by atoms with Gasteiger partial charge in [-0.25, -0.2) is 9.97 Å². The van der Waals surface area contributed by atoms with Crippen LogP contribution in [-0.2, 0) is 0 Å². The molecule has 3 aromatic heterocycles. The van der Waals surface area contributed by atoms with Crippen LogP contribution in [0.15, 0.2) is 54.6 Å². The van der Waals surface area contributed by atoms with Crippen LogP contribution in [0.2, 0.25) is 5.02 Å². The maximum atomic E-state index is 13.0. The molecule has 0 aliphatic heterocycles. The molecule has 6 nitrogen and oxygen atoms in total. The Kier molecular flexibility index (Phi) is 5.42. The number of nitrogen functional groups attached to an aromatic ring is 1. The fourth-order valence-corrected chi connectivity index (χ4v) is 5.32. The first-order chi connectivity index (χ1) is 15.5. The number of carbonyl (C=O) groups is 1. The lowest BCUT2D eigenvalue weighted by Crippen LogP contribution is -2.11. The van der Waals surface area contributed by atoms with Crippen molar-refractivity contribution in [3.8, 4) is 17.0 Å². The van der Waals surface area contributed by atoms with Crippen LogP contribution in [-0.4, -0.2) is 22.5 Å². The zero-order chi connectivity index (χ0) is 22.2. The van der Waals surface area contributed by atoms with Gasteiger partial charge in [-0.15, -0.1) is 11.3 Å². The summed E-state index contributed by atoms with van der Waals surface area (Å²) in [6.45, 7) is 2.53. The maximum absolute atomic E-state index is 13.0. The van der Waals surface area contributed by atoms with E-state index in [1.54, 1.807) is 0 Å². The zero-order valence-electron chi connectivity index (χ0n) is 16.9. The van der Waals surface area contributed by atoms with Crippen molar-refractivity contribution in [1.29, 1.82) is 0 Å². The number of carbonyl (C=O) groups excluding carboxylic acids is 1. The molecule has 0 atom stereocenters. The molecule has 160 valence electrons. The average molecular weight is 481 g/mol. The number of hydrogen-bond donors (Lipinski definition) is 2. The summed E-state index contributed by atoms with van der Waals surface area (Å²) in [7, 11) is 0. The van der Waals surface area contributed by atoms with Crippen molar-refractivity contribution in [1.82, 2.24) is 9.97 Å². The molecule has 0 radical (unpaired) electrons. The molecule has 0 saturated heterocycles. The lowest BCUT2D eigenvalue weighted by atomic mass is 10.1. The second kappa shape index (κ2) is 8.38. The Balaban J connectivity index is 1.43. The third kappa shape index (κ3) is 3.88. The number of nitrogens with one attached hydrogen (secondary N) is 1. The van der Waals surface area contributed by atoms with E-state index in [0.717, 1.165) is 32.6 Å². The SMILES string of the molecule is CCOc1ccc2nc(NC(=O)c3sc4nc(-c5ccc(Cl)cc5)ccc4c3N)sc2c1. The summed E-state index contributed by atoms with van der Waals surface area (Å²) in [6.07, 6.45) is 0. The number of hydrogen-bond acceptors (Lipinski definition) is 7. The summed E-state index contributed by atoms with van der Waals surface area (Å²) >= 11 is 8.63. The van der Waals surface area contributed by atoms with Gasteiger partial charge in [0.1, 0.15) is 15.5 Å². The average Bonchev–Trinajstić information content (AvgIpc) is 3.34. The van der Waals surface area contributed by atoms with Crippen LogP contribution in [0, 0.1) is 0 Å². The fourth-order valence-electron chi connectivity index (χ4n) is 3.32. The van der Waals surface area contributed by atoms with Gasteiger partial charge in [0.05, 0.1) is 28.2 Å². The Bertz CT molecular complexity index is 1460. The highest BCUT2D eigenvalue weighted by Crippen LogP contribution is 2.36. The van der Waals surface area contributed by atoms with E-state index in [-0.39, 0.29) is 5.91 Å². The summed E-state index contributed by atoms with van der Waals surface area (Å²) in [5.41, 5.74) is 9.23. The monoisotopic (exact) mass is 480 g/mol. The predicted octanol–water partition coefficient (Wildman–Crippen LogP) is 6.46. The summed E-state index contributed by atoms with van der Waals surface area (Å²) < 4.78 is 6.47.